The quantitative estimate of drug-likeness (QED) is 0.561. The summed E-state index contributed by atoms with van der Waals surface area (Å²) >= 11 is 0. The Morgan fingerprint density at radius 2 is 1.81 bits per heavy atom. The van der Waals surface area contributed by atoms with Gasteiger partial charge in [0, 0.05) is 5.56 Å². The number of benzene rings is 1. The standard InChI is InChI=1S/C17H25NO3/c1-4-11-18-15(12-16(19)21-6-3)17(20)14-9-7-13(5-2)8-10-14/h7-10,15,18H,4-6,11-12H2,1-3H3. The summed E-state index contributed by atoms with van der Waals surface area (Å²) < 4.78 is 4.94. The van der Waals surface area contributed by atoms with E-state index in [1.807, 2.05) is 31.2 Å². The lowest BCUT2D eigenvalue weighted by Crippen LogP contribution is -2.39. The molecule has 1 rings (SSSR count). The molecule has 1 aromatic rings. The van der Waals surface area contributed by atoms with Crippen molar-refractivity contribution in [2.75, 3.05) is 13.2 Å². The Morgan fingerprint density at radius 3 is 2.33 bits per heavy atom. The van der Waals surface area contributed by atoms with Crippen molar-refractivity contribution in [2.45, 2.75) is 46.1 Å². The second kappa shape index (κ2) is 9.29. The van der Waals surface area contributed by atoms with Crippen molar-refractivity contribution in [1.29, 1.82) is 0 Å². The van der Waals surface area contributed by atoms with E-state index < -0.39 is 6.04 Å². The topological polar surface area (TPSA) is 55.4 Å². The fraction of sp³-hybridized carbons (Fsp3) is 0.529. The van der Waals surface area contributed by atoms with Gasteiger partial charge in [0.25, 0.3) is 0 Å². The van der Waals surface area contributed by atoms with Gasteiger partial charge in [0.2, 0.25) is 0 Å². The van der Waals surface area contributed by atoms with Crippen LogP contribution in [-0.4, -0.2) is 30.9 Å². The molecule has 0 saturated heterocycles. The fourth-order valence-corrected chi connectivity index (χ4v) is 2.07. The first-order valence-corrected chi connectivity index (χ1v) is 7.64. The number of aryl methyl sites for hydroxylation is 1. The number of nitrogens with one attached hydrogen (secondary N) is 1. The zero-order valence-corrected chi connectivity index (χ0v) is 13.1. The van der Waals surface area contributed by atoms with Crippen LogP contribution in [-0.2, 0) is 16.0 Å². The van der Waals surface area contributed by atoms with E-state index in [4.69, 9.17) is 4.74 Å². The minimum atomic E-state index is -0.517. The number of hydrogen-bond donors (Lipinski definition) is 1. The van der Waals surface area contributed by atoms with Gasteiger partial charge < -0.3 is 10.1 Å². The van der Waals surface area contributed by atoms with Crippen molar-refractivity contribution in [2.24, 2.45) is 0 Å². The van der Waals surface area contributed by atoms with Gasteiger partial charge >= 0.3 is 5.97 Å². The third-order valence-corrected chi connectivity index (χ3v) is 3.28. The molecule has 1 N–H and O–H groups in total. The van der Waals surface area contributed by atoms with E-state index in [9.17, 15) is 9.59 Å². The van der Waals surface area contributed by atoms with Crippen molar-refractivity contribution < 1.29 is 14.3 Å². The third kappa shape index (κ3) is 5.68. The number of esters is 1. The molecule has 116 valence electrons. The van der Waals surface area contributed by atoms with Crippen LogP contribution in [0.25, 0.3) is 0 Å². The maximum Gasteiger partial charge on any atom is 0.307 e. The van der Waals surface area contributed by atoms with Crippen LogP contribution in [0, 0.1) is 0 Å². The summed E-state index contributed by atoms with van der Waals surface area (Å²) in [5, 5.41) is 3.14. The van der Waals surface area contributed by atoms with Crippen LogP contribution in [0.5, 0.6) is 0 Å². The van der Waals surface area contributed by atoms with Gasteiger partial charge in [-0.2, -0.15) is 0 Å². The molecule has 0 aliphatic heterocycles. The molecule has 1 unspecified atom stereocenters. The van der Waals surface area contributed by atoms with Gasteiger partial charge in [0.1, 0.15) is 0 Å². The molecule has 0 saturated carbocycles. The van der Waals surface area contributed by atoms with Crippen LogP contribution in [0.1, 0.15) is 49.5 Å². The molecule has 1 aromatic carbocycles. The largest absolute Gasteiger partial charge is 0.466 e. The molecule has 0 fully saturated rings. The lowest BCUT2D eigenvalue weighted by atomic mass is 9.99. The molecule has 0 amide bonds. The third-order valence-electron chi connectivity index (χ3n) is 3.28. The number of ether oxygens (including phenoxy) is 1. The smallest absolute Gasteiger partial charge is 0.307 e. The zero-order chi connectivity index (χ0) is 15.7. The maximum absolute atomic E-state index is 12.5. The molecule has 0 aliphatic carbocycles. The van der Waals surface area contributed by atoms with E-state index in [1.165, 1.54) is 5.56 Å². The van der Waals surface area contributed by atoms with E-state index in [2.05, 4.69) is 12.2 Å². The number of carbonyl (C=O) groups is 2. The van der Waals surface area contributed by atoms with Crippen molar-refractivity contribution in [1.82, 2.24) is 5.32 Å². The molecule has 0 spiro atoms. The van der Waals surface area contributed by atoms with Crippen LogP contribution >= 0.6 is 0 Å². The SMILES string of the molecule is CCCNC(CC(=O)OCC)C(=O)c1ccc(CC)cc1. The predicted molar refractivity (Wildman–Crippen MR) is 83.5 cm³/mol. The van der Waals surface area contributed by atoms with Gasteiger partial charge in [-0.05, 0) is 31.9 Å². The van der Waals surface area contributed by atoms with Crippen LogP contribution in [0.15, 0.2) is 24.3 Å². The fourth-order valence-electron chi connectivity index (χ4n) is 2.07. The summed E-state index contributed by atoms with van der Waals surface area (Å²) in [4.78, 5) is 24.2. The molecule has 0 aromatic heterocycles. The summed E-state index contributed by atoms with van der Waals surface area (Å²) in [7, 11) is 0. The Hall–Kier alpha value is -1.68. The highest BCUT2D eigenvalue weighted by Gasteiger charge is 2.23. The average Bonchev–Trinajstić information content (AvgIpc) is 2.51. The van der Waals surface area contributed by atoms with Crippen molar-refractivity contribution in [3.8, 4) is 0 Å². The number of ketones is 1. The highest BCUT2D eigenvalue weighted by Crippen LogP contribution is 2.10. The van der Waals surface area contributed by atoms with Gasteiger partial charge in [-0.1, -0.05) is 38.1 Å². The Bertz CT molecular complexity index is 454. The minimum absolute atomic E-state index is 0.0563. The van der Waals surface area contributed by atoms with Crippen LogP contribution in [0.3, 0.4) is 0 Å². The van der Waals surface area contributed by atoms with Gasteiger partial charge in [-0.25, -0.2) is 0 Å². The van der Waals surface area contributed by atoms with Gasteiger partial charge in [-0.15, -0.1) is 0 Å². The van der Waals surface area contributed by atoms with Gasteiger partial charge in [-0.3, -0.25) is 9.59 Å². The molecule has 4 heteroatoms. The summed E-state index contributed by atoms with van der Waals surface area (Å²) in [6.45, 7) is 6.89. The Kier molecular flexibility index (Phi) is 7.69. The van der Waals surface area contributed by atoms with Crippen LogP contribution in [0.2, 0.25) is 0 Å². The Labute approximate surface area is 126 Å². The van der Waals surface area contributed by atoms with Gasteiger partial charge in [0.15, 0.2) is 5.78 Å². The molecule has 1 atom stereocenters. The summed E-state index contributed by atoms with van der Waals surface area (Å²) in [6, 6.07) is 7.04. The van der Waals surface area contributed by atoms with Crippen LogP contribution < -0.4 is 5.32 Å². The van der Waals surface area contributed by atoms with E-state index in [1.54, 1.807) is 6.92 Å². The van der Waals surface area contributed by atoms with Crippen LogP contribution in [0.4, 0.5) is 0 Å². The summed E-state index contributed by atoms with van der Waals surface area (Å²) in [5.74, 6) is -0.399. The maximum atomic E-state index is 12.5. The summed E-state index contributed by atoms with van der Waals surface area (Å²) in [6.07, 6.45) is 1.92. The number of hydrogen-bond acceptors (Lipinski definition) is 4. The first-order valence-electron chi connectivity index (χ1n) is 7.64. The minimum Gasteiger partial charge on any atom is -0.466 e. The van der Waals surface area contributed by atoms with E-state index in [0.717, 1.165) is 12.8 Å². The normalized spacial score (nSPS) is 12.0. The molecule has 0 heterocycles. The lowest BCUT2D eigenvalue weighted by molar-refractivity contribution is -0.143. The molecule has 0 aliphatic rings. The molecule has 0 radical (unpaired) electrons. The molecular formula is C17H25NO3. The lowest BCUT2D eigenvalue weighted by Gasteiger charge is -2.16. The molecular weight excluding hydrogens is 266 g/mol. The average molecular weight is 291 g/mol. The Morgan fingerprint density at radius 1 is 1.14 bits per heavy atom. The first-order chi connectivity index (χ1) is 10.1. The van der Waals surface area contributed by atoms with Crippen molar-refractivity contribution in [3.05, 3.63) is 35.4 Å². The molecule has 21 heavy (non-hydrogen) atoms. The zero-order valence-electron chi connectivity index (χ0n) is 13.1. The van der Waals surface area contributed by atoms with Crippen molar-refractivity contribution in [3.63, 3.8) is 0 Å². The Balaban J connectivity index is 2.79. The highest BCUT2D eigenvalue weighted by atomic mass is 16.5. The van der Waals surface area contributed by atoms with E-state index in [-0.39, 0.29) is 18.2 Å². The second-order valence-electron chi connectivity index (χ2n) is 4.93. The van der Waals surface area contributed by atoms with E-state index in [0.29, 0.717) is 18.7 Å². The number of rotatable bonds is 9. The van der Waals surface area contributed by atoms with Gasteiger partial charge in [0.05, 0.1) is 19.1 Å². The molecule has 4 nitrogen and oxygen atoms in total. The number of Topliss-reactive ketones (excluding diaryl/α,β-unsaturated/α-hetero) is 1. The van der Waals surface area contributed by atoms with Crippen molar-refractivity contribution >= 4 is 11.8 Å². The predicted octanol–water partition coefficient (Wildman–Crippen LogP) is 2.75. The summed E-state index contributed by atoms with van der Waals surface area (Å²) in [5.41, 5.74) is 1.82. The monoisotopic (exact) mass is 291 g/mol. The second-order valence-corrected chi connectivity index (χ2v) is 4.93. The highest BCUT2D eigenvalue weighted by molar-refractivity contribution is 6.01. The molecule has 0 bridgehead atoms. The number of carbonyl (C=O) groups excluding carboxylic acids is 2. The first kappa shape index (κ1) is 17.4. The van der Waals surface area contributed by atoms with E-state index >= 15 is 0 Å².